The lowest BCUT2D eigenvalue weighted by Crippen LogP contribution is -2.49. The Morgan fingerprint density at radius 2 is 2.33 bits per heavy atom. The molecule has 0 N–H and O–H groups in total. The van der Waals surface area contributed by atoms with E-state index in [1.165, 1.54) is 5.56 Å². The van der Waals surface area contributed by atoms with E-state index in [-0.39, 0.29) is 12.0 Å². The van der Waals surface area contributed by atoms with E-state index in [2.05, 4.69) is 31.9 Å². The van der Waals surface area contributed by atoms with Crippen molar-refractivity contribution >= 4 is 23.1 Å². The predicted molar refractivity (Wildman–Crippen MR) is 95.2 cm³/mol. The van der Waals surface area contributed by atoms with Crippen LogP contribution in [0.2, 0.25) is 0 Å². The van der Waals surface area contributed by atoms with Crippen LogP contribution in [-0.2, 0) is 4.79 Å². The smallest absolute Gasteiger partial charge is 0.226 e. The van der Waals surface area contributed by atoms with Gasteiger partial charge in [0.25, 0.3) is 0 Å². The van der Waals surface area contributed by atoms with Crippen molar-refractivity contribution in [2.75, 3.05) is 25.0 Å². The fraction of sp³-hybridized carbons (Fsp3) is 0.500. The molecule has 2 aromatic heterocycles. The highest BCUT2D eigenvalue weighted by Crippen LogP contribution is 2.49. The standard InChI is InChI=1S/C18H22N4OS/c1-21(18(23)16-10-15(16)13-6-9-24-12-13)14-4-3-8-22(11-14)17-5-2-7-19-20-17/h2,5-7,9,12,14-16H,3-4,8,10-11H2,1H3/t14?,15-,16+/m0/s1. The highest BCUT2D eigenvalue weighted by Gasteiger charge is 2.46. The Bertz CT molecular complexity index is 690. The molecule has 126 valence electrons. The van der Waals surface area contributed by atoms with Gasteiger partial charge in [0.1, 0.15) is 0 Å². The van der Waals surface area contributed by atoms with E-state index < -0.39 is 0 Å². The summed E-state index contributed by atoms with van der Waals surface area (Å²) < 4.78 is 0. The molecular formula is C18H22N4OS. The molecule has 24 heavy (non-hydrogen) atoms. The second-order valence-electron chi connectivity index (χ2n) is 6.78. The molecule has 2 aliphatic rings. The van der Waals surface area contributed by atoms with E-state index in [0.29, 0.717) is 11.8 Å². The van der Waals surface area contributed by atoms with E-state index in [9.17, 15) is 4.79 Å². The summed E-state index contributed by atoms with van der Waals surface area (Å²) in [6, 6.07) is 6.32. The lowest BCUT2D eigenvalue weighted by atomic mass is 10.0. The lowest BCUT2D eigenvalue weighted by Gasteiger charge is -2.38. The fourth-order valence-electron chi connectivity index (χ4n) is 3.70. The average Bonchev–Trinajstić information content (AvgIpc) is 3.26. The van der Waals surface area contributed by atoms with Crippen LogP contribution in [0.15, 0.2) is 35.2 Å². The molecule has 6 heteroatoms. The Hall–Kier alpha value is -1.95. The molecule has 1 unspecified atom stereocenters. The third kappa shape index (κ3) is 3.02. The molecule has 0 bridgehead atoms. The normalized spacial score (nSPS) is 26.2. The third-order valence-corrected chi connectivity index (χ3v) is 5.95. The van der Waals surface area contributed by atoms with E-state index in [1.807, 2.05) is 24.1 Å². The Balaban J connectivity index is 1.39. The molecule has 0 aromatic carbocycles. The Labute approximate surface area is 146 Å². The number of carbonyl (C=O) groups excluding carboxylic acids is 1. The predicted octanol–water partition coefficient (Wildman–Crippen LogP) is 2.77. The van der Waals surface area contributed by atoms with Crippen LogP contribution < -0.4 is 4.90 Å². The fourth-order valence-corrected chi connectivity index (χ4v) is 4.43. The number of carbonyl (C=O) groups is 1. The number of hydrogen-bond acceptors (Lipinski definition) is 5. The molecule has 4 rings (SSSR count). The van der Waals surface area contributed by atoms with Gasteiger partial charge in [-0.25, -0.2) is 0 Å². The van der Waals surface area contributed by atoms with Crippen LogP contribution in [-0.4, -0.2) is 47.2 Å². The summed E-state index contributed by atoms with van der Waals surface area (Å²) in [5, 5.41) is 12.4. The first-order valence-electron chi connectivity index (χ1n) is 8.55. The highest BCUT2D eigenvalue weighted by molar-refractivity contribution is 7.08. The maximum absolute atomic E-state index is 12.8. The molecule has 2 fully saturated rings. The van der Waals surface area contributed by atoms with Crippen LogP contribution in [0, 0.1) is 5.92 Å². The first kappa shape index (κ1) is 15.6. The summed E-state index contributed by atoms with van der Waals surface area (Å²) in [6.45, 7) is 1.83. The molecule has 3 atom stereocenters. The van der Waals surface area contributed by atoms with Gasteiger partial charge in [0, 0.05) is 38.3 Å². The van der Waals surface area contributed by atoms with Crippen molar-refractivity contribution in [2.24, 2.45) is 5.92 Å². The van der Waals surface area contributed by atoms with Gasteiger partial charge in [0.05, 0.1) is 0 Å². The summed E-state index contributed by atoms with van der Waals surface area (Å²) in [5.74, 6) is 1.82. The number of piperidine rings is 1. The quantitative estimate of drug-likeness (QED) is 0.857. The molecule has 5 nitrogen and oxygen atoms in total. The SMILES string of the molecule is CN(C(=O)[C@@H]1C[C@H]1c1ccsc1)C1CCCN(c2cccnn2)C1. The minimum absolute atomic E-state index is 0.177. The van der Waals surface area contributed by atoms with Crippen LogP contribution in [0.25, 0.3) is 0 Å². The van der Waals surface area contributed by atoms with Crippen molar-refractivity contribution in [2.45, 2.75) is 31.2 Å². The van der Waals surface area contributed by atoms with Gasteiger partial charge in [-0.15, -0.1) is 5.10 Å². The number of amides is 1. The van der Waals surface area contributed by atoms with Gasteiger partial charge in [-0.2, -0.15) is 16.4 Å². The van der Waals surface area contributed by atoms with E-state index in [1.54, 1.807) is 17.5 Å². The second kappa shape index (κ2) is 6.51. The molecular weight excluding hydrogens is 320 g/mol. The van der Waals surface area contributed by atoms with Gasteiger partial charge >= 0.3 is 0 Å². The number of nitrogens with zero attached hydrogens (tertiary/aromatic N) is 4. The molecule has 0 radical (unpaired) electrons. The summed E-state index contributed by atoms with van der Waals surface area (Å²) in [5.41, 5.74) is 1.33. The van der Waals surface area contributed by atoms with Crippen molar-refractivity contribution in [3.63, 3.8) is 0 Å². The van der Waals surface area contributed by atoms with E-state index in [0.717, 1.165) is 38.2 Å². The topological polar surface area (TPSA) is 49.3 Å². The van der Waals surface area contributed by atoms with Crippen LogP contribution in [0.4, 0.5) is 5.82 Å². The van der Waals surface area contributed by atoms with Crippen LogP contribution >= 0.6 is 11.3 Å². The molecule has 1 saturated carbocycles. The Morgan fingerprint density at radius 3 is 3.08 bits per heavy atom. The Kier molecular flexibility index (Phi) is 4.22. The molecule has 2 aromatic rings. The molecule has 0 spiro atoms. The van der Waals surface area contributed by atoms with Crippen LogP contribution in [0.5, 0.6) is 0 Å². The van der Waals surface area contributed by atoms with Crippen molar-refractivity contribution in [3.05, 3.63) is 40.7 Å². The number of aromatic nitrogens is 2. The molecule has 3 heterocycles. The lowest BCUT2D eigenvalue weighted by molar-refractivity contribution is -0.133. The molecule has 1 aliphatic carbocycles. The number of anilines is 1. The average molecular weight is 342 g/mol. The minimum atomic E-state index is 0.177. The van der Waals surface area contributed by atoms with Crippen molar-refractivity contribution in [1.82, 2.24) is 15.1 Å². The molecule has 1 aliphatic heterocycles. The third-order valence-electron chi connectivity index (χ3n) is 5.25. The zero-order chi connectivity index (χ0) is 16.5. The molecule has 1 saturated heterocycles. The maximum atomic E-state index is 12.8. The summed E-state index contributed by atoms with van der Waals surface area (Å²) in [6.07, 6.45) is 4.84. The first-order chi connectivity index (χ1) is 11.7. The monoisotopic (exact) mass is 342 g/mol. The van der Waals surface area contributed by atoms with Crippen LogP contribution in [0.3, 0.4) is 0 Å². The van der Waals surface area contributed by atoms with Gasteiger partial charge in [0.15, 0.2) is 5.82 Å². The van der Waals surface area contributed by atoms with E-state index in [4.69, 9.17) is 0 Å². The Morgan fingerprint density at radius 1 is 1.42 bits per heavy atom. The van der Waals surface area contributed by atoms with Crippen molar-refractivity contribution in [1.29, 1.82) is 0 Å². The number of thiophene rings is 1. The van der Waals surface area contributed by atoms with Gasteiger partial charge in [-0.3, -0.25) is 4.79 Å². The zero-order valence-corrected chi connectivity index (χ0v) is 14.7. The number of likely N-dealkylation sites (N-methyl/N-ethyl adjacent to an activating group) is 1. The zero-order valence-electron chi connectivity index (χ0n) is 13.8. The first-order valence-corrected chi connectivity index (χ1v) is 9.49. The minimum Gasteiger partial charge on any atom is -0.353 e. The summed E-state index contributed by atoms with van der Waals surface area (Å²) in [7, 11) is 1.97. The number of rotatable bonds is 4. The van der Waals surface area contributed by atoms with E-state index >= 15 is 0 Å². The maximum Gasteiger partial charge on any atom is 0.226 e. The highest BCUT2D eigenvalue weighted by atomic mass is 32.1. The van der Waals surface area contributed by atoms with Gasteiger partial charge in [0.2, 0.25) is 5.91 Å². The second-order valence-corrected chi connectivity index (χ2v) is 7.56. The number of hydrogen-bond donors (Lipinski definition) is 0. The largest absolute Gasteiger partial charge is 0.353 e. The van der Waals surface area contributed by atoms with Crippen LogP contribution in [0.1, 0.15) is 30.7 Å². The van der Waals surface area contributed by atoms with Gasteiger partial charge in [-0.1, -0.05) is 0 Å². The van der Waals surface area contributed by atoms with Gasteiger partial charge < -0.3 is 9.80 Å². The van der Waals surface area contributed by atoms with Crippen molar-refractivity contribution in [3.8, 4) is 0 Å². The van der Waals surface area contributed by atoms with Gasteiger partial charge in [-0.05, 0) is 59.7 Å². The summed E-state index contributed by atoms with van der Waals surface area (Å²) >= 11 is 1.71. The summed E-state index contributed by atoms with van der Waals surface area (Å²) in [4.78, 5) is 17.1. The molecule has 1 amide bonds. The van der Waals surface area contributed by atoms with Crippen molar-refractivity contribution < 1.29 is 4.79 Å².